The normalized spacial score (nSPS) is 23.8. The lowest BCUT2D eigenvalue weighted by atomic mass is 10.1. The number of nitrogens with one attached hydrogen (secondary N) is 1. The fourth-order valence-electron chi connectivity index (χ4n) is 1.92. The van der Waals surface area contributed by atoms with E-state index in [1.54, 1.807) is 16.7 Å². The number of aldehydes is 1. The molecule has 0 aromatic carbocycles. The van der Waals surface area contributed by atoms with Gasteiger partial charge in [-0.2, -0.15) is 0 Å². The fourth-order valence-corrected chi connectivity index (χ4v) is 2.51. The zero-order valence-electron chi connectivity index (χ0n) is 8.64. The predicted molar refractivity (Wildman–Crippen MR) is 60.1 cm³/mol. The molecule has 16 heavy (non-hydrogen) atoms. The third-order valence-corrected chi connectivity index (χ3v) is 3.29. The Labute approximate surface area is 101 Å². The predicted octanol–water partition coefficient (Wildman–Crippen LogP) is 1.10. The molecule has 0 saturated heterocycles. The van der Waals surface area contributed by atoms with Gasteiger partial charge in [0.1, 0.15) is 12.0 Å². The van der Waals surface area contributed by atoms with Crippen molar-refractivity contribution in [2.75, 3.05) is 7.11 Å². The van der Waals surface area contributed by atoms with Crippen LogP contribution in [0.1, 0.15) is 23.0 Å². The van der Waals surface area contributed by atoms with Crippen LogP contribution in [-0.4, -0.2) is 30.1 Å². The van der Waals surface area contributed by atoms with Gasteiger partial charge in [-0.15, -0.1) is 0 Å². The van der Waals surface area contributed by atoms with Gasteiger partial charge in [-0.05, 0) is 28.1 Å². The average Bonchev–Trinajstić information content (AvgIpc) is 2.65. The summed E-state index contributed by atoms with van der Waals surface area (Å²) in [6.07, 6.45) is 0.637. The average molecular weight is 287 g/mol. The van der Waals surface area contributed by atoms with Crippen LogP contribution in [-0.2, 0) is 9.53 Å². The number of rotatable bonds is 3. The first kappa shape index (κ1) is 11.3. The second-order valence-corrected chi connectivity index (χ2v) is 4.32. The number of carbonyl (C=O) groups excluding carboxylic acids is 2. The van der Waals surface area contributed by atoms with Crippen LogP contribution >= 0.6 is 15.9 Å². The topological polar surface area (TPSA) is 60.3 Å². The molecule has 0 unspecified atom stereocenters. The number of halogens is 1. The Morgan fingerprint density at radius 3 is 3.00 bits per heavy atom. The molecule has 86 valence electrons. The Bertz CT molecular complexity index is 430. The molecule has 1 amide bonds. The summed E-state index contributed by atoms with van der Waals surface area (Å²) >= 11 is 3.36. The van der Waals surface area contributed by atoms with Gasteiger partial charge in [-0.25, -0.2) is 0 Å². The maximum absolute atomic E-state index is 11.7. The Balaban J connectivity index is 2.47. The van der Waals surface area contributed by atoms with Gasteiger partial charge in [-0.3, -0.25) is 4.79 Å². The van der Waals surface area contributed by atoms with Gasteiger partial charge in [-0.1, -0.05) is 0 Å². The first-order chi connectivity index (χ1) is 7.69. The molecule has 1 aliphatic heterocycles. The van der Waals surface area contributed by atoms with Crippen molar-refractivity contribution in [2.24, 2.45) is 0 Å². The zero-order chi connectivity index (χ0) is 11.7. The number of hydrogen-bond donors (Lipinski definition) is 1. The van der Waals surface area contributed by atoms with Gasteiger partial charge in [0.15, 0.2) is 6.23 Å². The molecule has 0 aliphatic carbocycles. The summed E-state index contributed by atoms with van der Waals surface area (Å²) in [6, 6.07) is 3.29. The number of aromatic nitrogens is 1. The van der Waals surface area contributed by atoms with Gasteiger partial charge < -0.3 is 19.4 Å². The summed E-state index contributed by atoms with van der Waals surface area (Å²) in [7, 11) is 1.51. The first-order valence-corrected chi connectivity index (χ1v) is 5.62. The number of methoxy groups -OCH3 is 1. The number of amides is 1. The fraction of sp³-hybridized carbons (Fsp3) is 0.400. The molecule has 2 rings (SSSR count). The largest absolute Gasteiger partial charge is 0.359 e. The molecular weight excluding hydrogens is 276 g/mol. The molecule has 0 fully saturated rings. The molecule has 0 radical (unpaired) electrons. The highest BCUT2D eigenvalue weighted by atomic mass is 79.9. The van der Waals surface area contributed by atoms with Gasteiger partial charge in [0.05, 0.1) is 10.6 Å². The standard InChI is InChI=1S/C10H11BrN2O3/c1-16-10-7(4-5-14)13-6(9(15)12-10)2-3-8(13)11/h2-3,5,7,10H,4H2,1H3,(H,12,15)/t7-,10-/m1/s1. The number of ether oxygens (including phenoxy) is 1. The van der Waals surface area contributed by atoms with E-state index in [1.165, 1.54) is 7.11 Å². The zero-order valence-corrected chi connectivity index (χ0v) is 10.2. The lowest BCUT2D eigenvalue weighted by Gasteiger charge is -2.33. The second kappa shape index (κ2) is 4.39. The molecule has 0 spiro atoms. The summed E-state index contributed by atoms with van der Waals surface area (Å²) < 4.78 is 7.72. The van der Waals surface area contributed by atoms with Crippen LogP contribution < -0.4 is 5.32 Å². The Morgan fingerprint density at radius 2 is 2.38 bits per heavy atom. The van der Waals surface area contributed by atoms with Crippen LogP contribution in [0.2, 0.25) is 0 Å². The van der Waals surface area contributed by atoms with E-state index in [4.69, 9.17) is 4.74 Å². The molecular formula is C10H11BrN2O3. The van der Waals surface area contributed by atoms with Crippen molar-refractivity contribution in [3.63, 3.8) is 0 Å². The number of carbonyl (C=O) groups is 2. The van der Waals surface area contributed by atoms with Crippen molar-refractivity contribution in [3.8, 4) is 0 Å². The summed E-state index contributed by atoms with van der Waals surface area (Å²) in [5.41, 5.74) is 0.534. The van der Waals surface area contributed by atoms with E-state index in [1.807, 2.05) is 0 Å². The molecule has 2 atom stereocenters. The molecule has 2 heterocycles. The summed E-state index contributed by atoms with van der Waals surface area (Å²) in [4.78, 5) is 22.4. The summed E-state index contributed by atoms with van der Waals surface area (Å²) in [6.45, 7) is 0. The van der Waals surface area contributed by atoms with Crippen LogP contribution in [0.4, 0.5) is 0 Å². The lowest BCUT2D eigenvalue weighted by Crippen LogP contribution is -2.48. The second-order valence-electron chi connectivity index (χ2n) is 3.51. The van der Waals surface area contributed by atoms with Crippen LogP contribution in [0.15, 0.2) is 16.7 Å². The van der Waals surface area contributed by atoms with Gasteiger partial charge in [0.25, 0.3) is 5.91 Å². The van der Waals surface area contributed by atoms with Gasteiger partial charge in [0.2, 0.25) is 0 Å². The molecule has 0 bridgehead atoms. The summed E-state index contributed by atoms with van der Waals surface area (Å²) in [5, 5.41) is 2.71. The minimum atomic E-state index is -0.478. The minimum Gasteiger partial charge on any atom is -0.359 e. The molecule has 1 aliphatic rings. The van der Waals surface area contributed by atoms with Crippen LogP contribution in [0, 0.1) is 0 Å². The van der Waals surface area contributed by atoms with E-state index in [0.29, 0.717) is 12.1 Å². The Morgan fingerprint density at radius 1 is 1.62 bits per heavy atom. The molecule has 6 heteroatoms. The lowest BCUT2D eigenvalue weighted by molar-refractivity contribution is -0.109. The molecule has 1 N–H and O–H groups in total. The van der Waals surface area contributed by atoms with Crippen LogP contribution in [0.3, 0.4) is 0 Å². The highest BCUT2D eigenvalue weighted by Crippen LogP contribution is 2.29. The third-order valence-electron chi connectivity index (χ3n) is 2.65. The minimum absolute atomic E-state index is 0.195. The van der Waals surface area contributed by atoms with Gasteiger partial charge in [0, 0.05) is 13.5 Å². The SMILES string of the molecule is CO[C@H]1NC(=O)c2ccc(Br)n2[C@@H]1CC=O. The van der Waals surface area contributed by atoms with Crippen molar-refractivity contribution in [1.29, 1.82) is 0 Å². The van der Waals surface area contributed by atoms with E-state index in [0.717, 1.165) is 10.9 Å². The van der Waals surface area contributed by atoms with E-state index in [9.17, 15) is 9.59 Å². The van der Waals surface area contributed by atoms with E-state index < -0.39 is 6.23 Å². The Hall–Kier alpha value is -1.14. The highest BCUT2D eigenvalue weighted by molar-refractivity contribution is 9.10. The van der Waals surface area contributed by atoms with Crippen molar-refractivity contribution >= 4 is 28.1 Å². The van der Waals surface area contributed by atoms with Crippen molar-refractivity contribution in [1.82, 2.24) is 9.88 Å². The summed E-state index contributed by atoms with van der Waals surface area (Å²) in [5.74, 6) is -0.195. The third kappa shape index (κ3) is 1.68. The molecule has 0 saturated carbocycles. The number of hydrogen-bond acceptors (Lipinski definition) is 3. The van der Waals surface area contributed by atoms with Crippen molar-refractivity contribution < 1.29 is 14.3 Å². The van der Waals surface area contributed by atoms with Crippen LogP contribution in [0.25, 0.3) is 0 Å². The number of nitrogens with zero attached hydrogens (tertiary/aromatic N) is 1. The Kier molecular flexibility index (Phi) is 3.11. The maximum Gasteiger partial charge on any atom is 0.269 e. The maximum atomic E-state index is 11.7. The monoisotopic (exact) mass is 286 g/mol. The van der Waals surface area contributed by atoms with E-state index in [2.05, 4.69) is 21.2 Å². The highest BCUT2D eigenvalue weighted by Gasteiger charge is 2.34. The van der Waals surface area contributed by atoms with Crippen LogP contribution in [0.5, 0.6) is 0 Å². The quantitative estimate of drug-likeness (QED) is 0.847. The molecule has 1 aromatic heterocycles. The van der Waals surface area contributed by atoms with Gasteiger partial charge >= 0.3 is 0 Å². The van der Waals surface area contributed by atoms with Crippen molar-refractivity contribution in [3.05, 3.63) is 22.4 Å². The van der Waals surface area contributed by atoms with Crippen molar-refractivity contribution in [2.45, 2.75) is 18.7 Å². The molecule has 5 nitrogen and oxygen atoms in total. The molecule has 1 aromatic rings. The first-order valence-electron chi connectivity index (χ1n) is 4.83. The van der Waals surface area contributed by atoms with E-state index in [-0.39, 0.29) is 11.9 Å². The smallest absolute Gasteiger partial charge is 0.269 e. The van der Waals surface area contributed by atoms with E-state index >= 15 is 0 Å². The number of fused-ring (bicyclic) bond motifs is 1.